The van der Waals surface area contributed by atoms with Crippen LogP contribution in [0.5, 0.6) is 0 Å². The van der Waals surface area contributed by atoms with Crippen molar-refractivity contribution >= 4 is 15.7 Å². The number of anilines is 1. The predicted octanol–water partition coefficient (Wildman–Crippen LogP) is 1.56. The quantitative estimate of drug-likeness (QED) is 0.745. The van der Waals surface area contributed by atoms with Crippen LogP contribution < -0.4 is 10.0 Å². The van der Waals surface area contributed by atoms with Gasteiger partial charge in [0.15, 0.2) is 0 Å². The molecule has 2 rings (SSSR count). The van der Waals surface area contributed by atoms with E-state index >= 15 is 0 Å². The van der Waals surface area contributed by atoms with Crippen LogP contribution in [0, 0.1) is 5.92 Å². The van der Waals surface area contributed by atoms with Gasteiger partial charge in [-0.3, -0.25) is 0 Å². The first kappa shape index (κ1) is 15.3. The lowest BCUT2D eigenvalue weighted by atomic mass is 10.1. The fraction of sp³-hybridized carbons (Fsp3) is 0.571. The Balaban J connectivity index is 2.08. The smallest absolute Gasteiger partial charge is 0.242 e. The third kappa shape index (κ3) is 3.71. The van der Waals surface area contributed by atoms with E-state index in [0.29, 0.717) is 24.7 Å². The molecule has 1 saturated carbocycles. The summed E-state index contributed by atoms with van der Waals surface area (Å²) in [6.45, 7) is 2.81. The van der Waals surface area contributed by atoms with Crippen LogP contribution >= 0.6 is 0 Å². The largest absolute Gasteiger partial charge is 0.393 e. The standard InChI is InChI=1S/C14H22N2O3S/c1-2-16-20(18,19)14-6-4-3-5-13(14)15-10-11-7-8-12(17)9-11/h3-6,11-12,15-17H,2,7-10H2,1H3. The predicted molar refractivity (Wildman–Crippen MR) is 79.1 cm³/mol. The highest BCUT2D eigenvalue weighted by molar-refractivity contribution is 7.89. The summed E-state index contributed by atoms with van der Waals surface area (Å²) in [5, 5.41) is 12.7. The number of hydrogen-bond acceptors (Lipinski definition) is 4. The van der Waals surface area contributed by atoms with Gasteiger partial charge in [-0.25, -0.2) is 13.1 Å². The van der Waals surface area contributed by atoms with E-state index < -0.39 is 10.0 Å². The van der Waals surface area contributed by atoms with E-state index in [9.17, 15) is 13.5 Å². The van der Waals surface area contributed by atoms with Crippen LogP contribution in [0.15, 0.2) is 29.2 Å². The molecular formula is C14H22N2O3S. The molecule has 112 valence electrons. The highest BCUT2D eigenvalue weighted by Gasteiger charge is 2.23. The van der Waals surface area contributed by atoms with Crippen molar-refractivity contribution in [2.45, 2.75) is 37.2 Å². The van der Waals surface area contributed by atoms with E-state index in [1.54, 1.807) is 25.1 Å². The molecule has 0 saturated heterocycles. The van der Waals surface area contributed by atoms with Gasteiger partial charge in [0, 0.05) is 13.1 Å². The molecule has 2 atom stereocenters. The Bertz CT molecular complexity index is 545. The van der Waals surface area contributed by atoms with Crippen molar-refractivity contribution < 1.29 is 13.5 Å². The topological polar surface area (TPSA) is 78.4 Å². The summed E-state index contributed by atoms with van der Waals surface area (Å²) in [7, 11) is -3.46. The zero-order chi connectivity index (χ0) is 14.6. The molecule has 0 bridgehead atoms. The molecule has 0 amide bonds. The van der Waals surface area contributed by atoms with Gasteiger partial charge in [0.2, 0.25) is 10.0 Å². The van der Waals surface area contributed by atoms with Gasteiger partial charge in [-0.1, -0.05) is 19.1 Å². The van der Waals surface area contributed by atoms with Crippen LogP contribution in [-0.2, 0) is 10.0 Å². The summed E-state index contributed by atoms with van der Waals surface area (Å²) in [6.07, 6.45) is 2.40. The van der Waals surface area contributed by atoms with Crippen LogP contribution in [-0.4, -0.2) is 32.7 Å². The number of benzene rings is 1. The van der Waals surface area contributed by atoms with Crippen molar-refractivity contribution in [3.05, 3.63) is 24.3 Å². The van der Waals surface area contributed by atoms with Crippen LogP contribution in [0.1, 0.15) is 26.2 Å². The summed E-state index contributed by atoms with van der Waals surface area (Å²) in [6, 6.07) is 6.91. The highest BCUT2D eigenvalue weighted by Crippen LogP contribution is 2.27. The first-order valence-electron chi connectivity index (χ1n) is 7.03. The average molecular weight is 298 g/mol. The van der Waals surface area contributed by atoms with Gasteiger partial charge < -0.3 is 10.4 Å². The van der Waals surface area contributed by atoms with E-state index in [1.165, 1.54) is 0 Å². The molecule has 0 aliphatic heterocycles. The maximum atomic E-state index is 12.1. The van der Waals surface area contributed by atoms with Crippen LogP contribution in [0.3, 0.4) is 0 Å². The molecule has 5 nitrogen and oxygen atoms in total. The van der Waals surface area contributed by atoms with E-state index in [-0.39, 0.29) is 11.0 Å². The lowest BCUT2D eigenvalue weighted by Crippen LogP contribution is -2.24. The Labute approximate surface area is 120 Å². The summed E-state index contributed by atoms with van der Waals surface area (Å²) in [5.74, 6) is 0.403. The number of aliphatic hydroxyl groups excluding tert-OH is 1. The molecule has 1 aromatic rings. The van der Waals surface area contributed by atoms with Crippen molar-refractivity contribution in [1.82, 2.24) is 4.72 Å². The van der Waals surface area contributed by atoms with Gasteiger partial charge in [0.05, 0.1) is 11.8 Å². The summed E-state index contributed by atoms with van der Waals surface area (Å²) in [5.41, 5.74) is 0.620. The molecule has 3 N–H and O–H groups in total. The molecule has 0 spiro atoms. The minimum Gasteiger partial charge on any atom is -0.393 e. The molecule has 20 heavy (non-hydrogen) atoms. The Morgan fingerprint density at radius 2 is 2.05 bits per heavy atom. The van der Waals surface area contributed by atoms with Gasteiger partial charge in [-0.15, -0.1) is 0 Å². The van der Waals surface area contributed by atoms with Crippen molar-refractivity contribution in [1.29, 1.82) is 0 Å². The highest BCUT2D eigenvalue weighted by atomic mass is 32.2. The van der Waals surface area contributed by atoms with Crippen molar-refractivity contribution in [2.24, 2.45) is 5.92 Å². The lowest BCUT2D eigenvalue weighted by molar-refractivity contribution is 0.178. The normalized spacial score (nSPS) is 22.9. The van der Waals surface area contributed by atoms with E-state index in [2.05, 4.69) is 10.0 Å². The Morgan fingerprint density at radius 1 is 1.30 bits per heavy atom. The molecule has 1 aromatic carbocycles. The SMILES string of the molecule is CCNS(=O)(=O)c1ccccc1NCC1CCC(O)C1. The molecule has 0 heterocycles. The number of aliphatic hydroxyl groups is 1. The van der Waals surface area contributed by atoms with Gasteiger partial charge in [0.25, 0.3) is 0 Å². The average Bonchev–Trinajstić information content (AvgIpc) is 2.82. The maximum absolute atomic E-state index is 12.1. The zero-order valence-electron chi connectivity index (χ0n) is 11.7. The minimum atomic E-state index is -3.46. The Hall–Kier alpha value is -1.11. The van der Waals surface area contributed by atoms with Crippen molar-refractivity contribution in [3.63, 3.8) is 0 Å². The zero-order valence-corrected chi connectivity index (χ0v) is 12.5. The van der Waals surface area contributed by atoms with Crippen LogP contribution in [0.2, 0.25) is 0 Å². The van der Waals surface area contributed by atoms with Crippen molar-refractivity contribution in [2.75, 3.05) is 18.4 Å². The lowest BCUT2D eigenvalue weighted by Gasteiger charge is -2.15. The molecule has 1 aliphatic carbocycles. The number of sulfonamides is 1. The van der Waals surface area contributed by atoms with E-state index in [1.807, 2.05) is 6.07 Å². The minimum absolute atomic E-state index is 0.206. The Kier molecular flexibility index (Phi) is 5.01. The third-order valence-electron chi connectivity index (χ3n) is 3.61. The van der Waals surface area contributed by atoms with Gasteiger partial charge in [0.1, 0.15) is 4.90 Å². The number of hydrogen-bond donors (Lipinski definition) is 3. The summed E-state index contributed by atoms with van der Waals surface area (Å²) >= 11 is 0. The van der Waals surface area contributed by atoms with Crippen LogP contribution in [0.4, 0.5) is 5.69 Å². The number of nitrogens with one attached hydrogen (secondary N) is 2. The molecule has 1 fully saturated rings. The van der Waals surface area contributed by atoms with E-state index in [0.717, 1.165) is 19.3 Å². The maximum Gasteiger partial charge on any atom is 0.242 e. The molecule has 6 heteroatoms. The second kappa shape index (κ2) is 6.56. The first-order valence-corrected chi connectivity index (χ1v) is 8.52. The number of rotatable bonds is 6. The fourth-order valence-electron chi connectivity index (χ4n) is 2.60. The second-order valence-electron chi connectivity index (χ2n) is 5.21. The summed E-state index contributed by atoms with van der Waals surface area (Å²) < 4.78 is 26.7. The molecule has 1 aliphatic rings. The van der Waals surface area contributed by atoms with Gasteiger partial charge in [-0.2, -0.15) is 0 Å². The summed E-state index contributed by atoms with van der Waals surface area (Å²) in [4.78, 5) is 0.278. The first-order chi connectivity index (χ1) is 9.53. The fourth-order valence-corrected chi connectivity index (χ4v) is 3.83. The number of para-hydroxylation sites is 1. The monoisotopic (exact) mass is 298 g/mol. The van der Waals surface area contributed by atoms with E-state index in [4.69, 9.17) is 0 Å². The second-order valence-corrected chi connectivity index (χ2v) is 6.95. The molecule has 0 aromatic heterocycles. The third-order valence-corrected chi connectivity index (χ3v) is 5.21. The Morgan fingerprint density at radius 3 is 2.70 bits per heavy atom. The molecule has 0 radical (unpaired) electrons. The van der Waals surface area contributed by atoms with Gasteiger partial charge >= 0.3 is 0 Å². The molecule has 2 unspecified atom stereocenters. The van der Waals surface area contributed by atoms with Gasteiger partial charge in [-0.05, 0) is 37.3 Å². The van der Waals surface area contributed by atoms with Crippen molar-refractivity contribution in [3.8, 4) is 0 Å². The van der Waals surface area contributed by atoms with Crippen LogP contribution in [0.25, 0.3) is 0 Å². The molecular weight excluding hydrogens is 276 g/mol.